The van der Waals surface area contributed by atoms with E-state index in [0.717, 1.165) is 22.0 Å². The molecule has 0 fully saturated rings. The highest BCUT2D eigenvalue weighted by Gasteiger charge is 2.30. The van der Waals surface area contributed by atoms with Crippen molar-refractivity contribution in [2.45, 2.75) is 0 Å². The Bertz CT molecular complexity index is 1370. The second kappa shape index (κ2) is 7.38. The number of nitro benzene ring substituents is 1. The van der Waals surface area contributed by atoms with Crippen molar-refractivity contribution >= 4 is 45.0 Å². The molecule has 0 unspecified atom stereocenters. The van der Waals surface area contributed by atoms with Crippen molar-refractivity contribution in [1.82, 2.24) is 4.98 Å². The van der Waals surface area contributed by atoms with Gasteiger partial charge in [0.15, 0.2) is 0 Å². The van der Waals surface area contributed by atoms with Gasteiger partial charge in [0.05, 0.1) is 16.2 Å². The fourth-order valence-electron chi connectivity index (χ4n) is 3.77. The van der Waals surface area contributed by atoms with E-state index in [0.29, 0.717) is 22.5 Å². The number of nitro groups is 1. The molecular formula is C24H16N4O3. The van der Waals surface area contributed by atoms with Gasteiger partial charge in [0, 0.05) is 52.2 Å². The summed E-state index contributed by atoms with van der Waals surface area (Å²) in [5, 5.41) is 19.5. The van der Waals surface area contributed by atoms with Gasteiger partial charge in [-0.05, 0) is 23.8 Å². The van der Waals surface area contributed by atoms with Crippen LogP contribution < -0.4 is 10.6 Å². The SMILES string of the molecule is O=C1Nc2ccc([N+](=O)[O-])cc2/C1=C(/Nc1cccc2cnccc12)c1ccccc1. The van der Waals surface area contributed by atoms with E-state index in [1.165, 1.54) is 12.1 Å². The first-order chi connectivity index (χ1) is 15.1. The van der Waals surface area contributed by atoms with Crippen LogP contribution >= 0.6 is 0 Å². The first-order valence-electron chi connectivity index (χ1n) is 9.61. The second-order valence-corrected chi connectivity index (χ2v) is 7.08. The van der Waals surface area contributed by atoms with Crippen molar-refractivity contribution in [3.8, 4) is 0 Å². The van der Waals surface area contributed by atoms with Crippen LogP contribution in [-0.2, 0) is 4.79 Å². The molecule has 4 aromatic rings. The third kappa shape index (κ3) is 3.28. The summed E-state index contributed by atoms with van der Waals surface area (Å²) in [6.45, 7) is 0. The summed E-state index contributed by atoms with van der Waals surface area (Å²) in [7, 11) is 0. The van der Waals surface area contributed by atoms with Gasteiger partial charge in [-0.1, -0.05) is 42.5 Å². The van der Waals surface area contributed by atoms with E-state index in [4.69, 9.17) is 0 Å². The maximum Gasteiger partial charge on any atom is 0.270 e. The number of hydrogen-bond acceptors (Lipinski definition) is 5. The zero-order valence-electron chi connectivity index (χ0n) is 16.2. The van der Waals surface area contributed by atoms with Gasteiger partial charge < -0.3 is 10.6 Å². The summed E-state index contributed by atoms with van der Waals surface area (Å²) in [4.78, 5) is 28.0. The number of non-ortho nitro benzene ring substituents is 1. The first kappa shape index (κ1) is 18.5. The Hall–Kier alpha value is -4.52. The van der Waals surface area contributed by atoms with Crippen molar-refractivity contribution in [1.29, 1.82) is 0 Å². The molecule has 150 valence electrons. The molecule has 1 aliphatic rings. The summed E-state index contributed by atoms with van der Waals surface area (Å²) < 4.78 is 0. The summed E-state index contributed by atoms with van der Waals surface area (Å²) in [6, 6.07) is 21.5. The summed E-state index contributed by atoms with van der Waals surface area (Å²) in [6.07, 6.45) is 3.49. The van der Waals surface area contributed by atoms with Crippen LogP contribution in [0.2, 0.25) is 0 Å². The number of rotatable bonds is 4. The van der Waals surface area contributed by atoms with Gasteiger partial charge in [0.25, 0.3) is 11.6 Å². The molecule has 31 heavy (non-hydrogen) atoms. The molecule has 2 N–H and O–H groups in total. The second-order valence-electron chi connectivity index (χ2n) is 7.08. The van der Waals surface area contributed by atoms with Gasteiger partial charge in [-0.2, -0.15) is 0 Å². The molecule has 7 nitrogen and oxygen atoms in total. The lowest BCUT2D eigenvalue weighted by Crippen LogP contribution is -2.10. The fraction of sp³-hybridized carbons (Fsp3) is 0. The average Bonchev–Trinajstić information content (AvgIpc) is 3.13. The molecule has 0 bridgehead atoms. The van der Waals surface area contributed by atoms with Gasteiger partial charge in [-0.25, -0.2) is 0 Å². The minimum absolute atomic E-state index is 0.0728. The lowest BCUT2D eigenvalue weighted by Gasteiger charge is -2.16. The Kier molecular flexibility index (Phi) is 4.41. The Labute approximate surface area is 177 Å². The molecule has 0 aliphatic carbocycles. The van der Waals surface area contributed by atoms with Gasteiger partial charge in [-0.3, -0.25) is 19.9 Å². The summed E-state index contributed by atoms with van der Waals surface area (Å²) in [5.74, 6) is -0.316. The smallest absolute Gasteiger partial charge is 0.270 e. The maximum absolute atomic E-state index is 13.0. The van der Waals surface area contributed by atoms with Crippen molar-refractivity contribution in [2.75, 3.05) is 10.6 Å². The van der Waals surface area contributed by atoms with Crippen molar-refractivity contribution in [3.63, 3.8) is 0 Å². The quantitative estimate of drug-likeness (QED) is 0.279. The van der Waals surface area contributed by atoms with E-state index < -0.39 is 4.92 Å². The lowest BCUT2D eigenvalue weighted by atomic mass is 9.99. The van der Waals surface area contributed by atoms with E-state index in [1.54, 1.807) is 18.5 Å². The minimum atomic E-state index is -0.464. The molecule has 2 heterocycles. The third-order valence-corrected chi connectivity index (χ3v) is 5.21. The molecule has 0 radical (unpaired) electrons. The van der Waals surface area contributed by atoms with Gasteiger partial charge in [0.1, 0.15) is 0 Å². The van der Waals surface area contributed by atoms with Crippen LogP contribution in [0.15, 0.2) is 85.2 Å². The van der Waals surface area contributed by atoms with Crippen LogP contribution in [0.4, 0.5) is 17.1 Å². The number of aromatic nitrogens is 1. The molecule has 0 atom stereocenters. The number of nitrogens with zero attached hydrogens (tertiary/aromatic N) is 2. The van der Waals surface area contributed by atoms with E-state index in [2.05, 4.69) is 15.6 Å². The molecule has 1 aromatic heterocycles. The standard InChI is InChI=1S/C24H16N4O3/c29-24-22(19-13-17(28(30)31)9-10-21(19)27-24)23(15-5-2-1-3-6-15)26-20-8-4-7-16-14-25-12-11-18(16)20/h1-14,26H,(H,27,29)/b23-22-. The van der Waals surface area contributed by atoms with E-state index in [9.17, 15) is 14.9 Å². The number of fused-ring (bicyclic) bond motifs is 2. The highest BCUT2D eigenvalue weighted by atomic mass is 16.6. The Morgan fingerprint density at radius 3 is 2.65 bits per heavy atom. The Balaban J connectivity index is 1.75. The van der Waals surface area contributed by atoms with Crippen LogP contribution in [0.5, 0.6) is 0 Å². The molecule has 5 rings (SSSR count). The highest BCUT2D eigenvalue weighted by molar-refractivity contribution is 6.37. The van der Waals surface area contributed by atoms with Crippen LogP contribution in [0.25, 0.3) is 22.0 Å². The summed E-state index contributed by atoms with van der Waals surface area (Å²) in [5.41, 5.74) is 3.49. The Morgan fingerprint density at radius 1 is 1.00 bits per heavy atom. The normalized spacial score (nSPS) is 14.1. The number of carbonyl (C=O) groups is 1. The largest absolute Gasteiger partial charge is 0.354 e. The zero-order chi connectivity index (χ0) is 21.4. The predicted octanol–water partition coefficient (Wildman–Crippen LogP) is 5.08. The highest BCUT2D eigenvalue weighted by Crippen LogP contribution is 2.39. The number of nitrogens with one attached hydrogen (secondary N) is 2. The van der Waals surface area contributed by atoms with Crippen molar-refractivity contribution in [3.05, 3.63) is 106 Å². The van der Waals surface area contributed by atoms with Crippen molar-refractivity contribution < 1.29 is 9.72 Å². The van der Waals surface area contributed by atoms with Crippen LogP contribution in [0.3, 0.4) is 0 Å². The molecule has 0 saturated heterocycles. The molecular weight excluding hydrogens is 392 g/mol. The van der Waals surface area contributed by atoms with E-state index in [-0.39, 0.29) is 11.6 Å². The van der Waals surface area contributed by atoms with Crippen molar-refractivity contribution in [2.24, 2.45) is 0 Å². The average molecular weight is 408 g/mol. The molecule has 1 aliphatic heterocycles. The molecule has 7 heteroatoms. The molecule has 0 spiro atoms. The van der Waals surface area contributed by atoms with Crippen LogP contribution in [0.1, 0.15) is 11.1 Å². The lowest BCUT2D eigenvalue weighted by molar-refractivity contribution is -0.384. The zero-order valence-corrected chi connectivity index (χ0v) is 16.2. The third-order valence-electron chi connectivity index (χ3n) is 5.21. The monoisotopic (exact) mass is 408 g/mol. The number of anilines is 2. The topological polar surface area (TPSA) is 97.2 Å². The molecule has 1 amide bonds. The van der Waals surface area contributed by atoms with Gasteiger partial charge in [-0.15, -0.1) is 0 Å². The predicted molar refractivity (Wildman–Crippen MR) is 120 cm³/mol. The molecule has 0 saturated carbocycles. The number of carbonyl (C=O) groups excluding carboxylic acids is 1. The van der Waals surface area contributed by atoms with Crippen LogP contribution in [-0.4, -0.2) is 15.8 Å². The van der Waals surface area contributed by atoms with Crippen LogP contribution in [0, 0.1) is 10.1 Å². The molecule has 3 aromatic carbocycles. The number of hydrogen-bond donors (Lipinski definition) is 2. The maximum atomic E-state index is 13.0. The number of benzene rings is 3. The first-order valence-corrected chi connectivity index (χ1v) is 9.61. The van der Waals surface area contributed by atoms with E-state index >= 15 is 0 Å². The fourth-order valence-corrected chi connectivity index (χ4v) is 3.77. The van der Waals surface area contributed by atoms with Gasteiger partial charge in [0.2, 0.25) is 0 Å². The number of amides is 1. The Morgan fingerprint density at radius 2 is 1.84 bits per heavy atom. The van der Waals surface area contributed by atoms with E-state index in [1.807, 2.05) is 54.6 Å². The minimum Gasteiger partial charge on any atom is -0.354 e. The number of pyridine rings is 1. The summed E-state index contributed by atoms with van der Waals surface area (Å²) >= 11 is 0. The van der Waals surface area contributed by atoms with Gasteiger partial charge >= 0.3 is 0 Å².